The van der Waals surface area contributed by atoms with Gasteiger partial charge in [-0.3, -0.25) is 9.69 Å². The van der Waals surface area contributed by atoms with Gasteiger partial charge in [0.15, 0.2) is 5.78 Å². The molecule has 0 aliphatic carbocycles. The summed E-state index contributed by atoms with van der Waals surface area (Å²) < 4.78 is 5.37. The van der Waals surface area contributed by atoms with Crippen molar-refractivity contribution < 1.29 is 9.53 Å². The lowest BCUT2D eigenvalue weighted by atomic mass is 10.1. The predicted octanol–water partition coefficient (Wildman–Crippen LogP) is 3.46. The number of hydrogen-bond donors (Lipinski definition) is 0. The van der Waals surface area contributed by atoms with Gasteiger partial charge in [0, 0.05) is 17.0 Å². The molecule has 0 aliphatic heterocycles. The number of hydrogen-bond acceptors (Lipinski definition) is 4. The van der Waals surface area contributed by atoms with Gasteiger partial charge in [-0.2, -0.15) is 0 Å². The second-order valence-electron chi connectivity index (χ2n) is 4.63. The Kier molecular flexibility index (Phi) is 5.32. The molecule has 0 unspecified atom stereocenters. The molecule has 3 nitrogen and oxygen atoms in total. The van der Waals surface area contributed by atoms with E-state index in [1.165, 1.54) is 4.88 Å². The summed E-state index contributed by atoms with van der Waals surface area (Å²) in [5, 5.41) is 2.05. The second-order valence-corrected chi connectivity index (χ2v) is 5.66. The molecule has 4 heteroatoms. The van der Waals surface area contributed by atoms with Crippen LogP contribution in [-0.4, -0.2) is 30.9 Å². The summed E-state index contributed by atoms with van der Waals surface area (Å²) in [5.74, 6) is 0.933. The number of thiophene rings is 1. The molecule has 0 aliphatic rings. The molecule has 0 radical (unpaired) electrons. The molecule has 0 spiro atoms. The summed E-state index contributed by atoms with van der Waals surface area (Å²) in [6.45, 7) is 3.81. The maximum absolute atomic E-state index is 12.2. The van der Waals surface area contributed by atoms with E-state index in [0.29, 0.717) is 13.2 Å². The largest absolute Gasteiger partial charge is 0.494 e. The predicted molar refractivity (Wildman–Crippen MR) is 82.6 cm³/mol. The highest BCUT2D eigenvalue weighted by Gasteiger charge is 2.10. The number of likely N-dealkylation sites (N-methyl/N-ethyl adjacent to an activating group) is 1. The minimum absolute atomic E-state index is 0.132. The van der Waals surface area contributed by atoms with Crippen LogP contribution in [0.2, 0.25) is 0 Å². The third kappa shape index (κ3) is 4.18. The van der Waals surface area contributed by atoms with Gasteiger partial charge in [0.25, 0.3) is 0 Å². The van der Waals surface area contributed by atoms with E-state index in [9.17, 15) is 4.79 Å². The van der Waals surface area contributed by atoms with E-state index in [1.807, 2.05) is 49.2 Å². The lowest BCUT2D eigenvalue weighted by molar-refractivity contribution is 0.0943. The highest BCUT2D eigenvalue weighted by atomic mass is 32.1. The van der Waals surface area contributed by atoms with Gasteiger partial charge in [-0.1, -0.05) is 6.07 Å². The summed E-state index contributed by atoms with van der Waals surface area (Å²) in [4.78, 5) is 15.5. The Morgan fingerprint density at radius 1 is 1.25 bits per heavy atom. The third-order valence-corrected chi connectivity index (χ3v) is 3.77. The Hall–Kier alpha value is -1.65. The van der Waals surface area contributed by atoms with E-state index in [2.05, 4.69) is 11.4 Å². The minimum atomic E-state index is 0.132. The maximum atomic E-state index is 12.2. The van der Waals surface area contributed by atoms with E-state index in [1.54, 1.807) is 11.3 Å². The van der Waals surface area contributed by atoms with Gasteiger partial charge in [0.2, 0.25) is 0 Å². The van der Waals surface area contributed by atoms with Crippen molar-refractivity contribution in [2.75, 3.05) is 20.2 Å². The van der Waals surface area contributed by atoms with Crippen molar-refractivity contribution in [1.82, 2.24) is 4.90 Å². The number of ketones is 1. The van der Waals surface area contributed by atoms with Crippen LogP contribution in [0.3, 0.4) is 0 Å². The van der Waals surface area contributed by atoms with Crippen molar-refractivity contribution in [3.63, 3.8) is 0 Å². The minimum Gasteiger partial charge on any atom is -0.494 e. The van der Waals surface area contributed by atoms with E-state index in [-0.39, 0.29) is 5.78 Å². The number of nitrogens with zero attached hydrogens (tertiary/aromatic N) is 1. The number of Topliss-reactive ketones (excluding diaryl/α,β-unsaturated/α-hetero) is 1. The Morgan fingerprint density at radius 2 is 2.00 bits per heavy atom. The van der Waals surface area contributed by atoms with Crippen LogP contribution in [-0.2, 0) is 6.54 Å². The first-order valence-corrected chi connectivity index (χ1v) is 7.54. The molecule has 1 heterocycles. The summed E-state index contributed by atoms with van der Waals surface area (Å²) in [6.07, 6.45) is 0. The Balaban J connectivity index is 1.90. The van der Waals surface area contributed by atoms with Gasteiger partial charge >= 0.3 is 0 Å². The first-order chi connectivity index (χ1) is 9.69. The van der Waals surface area contributed by atoms with Crippen LogP contribution in [0.25, 0.3) is 0 Å². The highest BCUT2D eigenvalue weighted by molar-refractivity contribution is 7.09. The SMILES string of the molecule is CCOc1ccc(C(=O)CN(C)Cc2cccs2)cc1. The summed E-state index contributed by atoms with van der Waals surface area (Å²) in [6, 6.07) is 11.5. The van der Waals surface area contributed by atoms with Crippen LogP contribution in [0.1, 0.15) is 22.2 Å². The number of benzene rings is 1. The molecule has 0 N–H and O–H groups in total. The molecule has 2 rings (SSSR count). The molecule has 0 saturated heterocycles. The summed E-state index contributed by atoms with van der Waals surface area (Å²) >= 11 is 1.71. The smallest absolute Gasteiger partial charge is 0.176 e. The van der Waals surface area contributed by atoms with Gasteiger partial charge in [0.05, 0.1) is 13.2 Å². The van der Waals surface area contributed by atoms with Crippen LogP contribution in [0.5, 0.6) is 5.75 Å². The monoisotopic (exact) mass is 289 g/mol. The first-order valence-electron chi connectivity index (χ1n) is 6.66. The zero-order chi connectivity index (χ0) is 14.4. The van der Waals surface area contributed by atoms with Crippen LogP contribution < -0.4 is 4.74 Å². The average Bonchev–Trinajstić information content (AvgIpc) is 2.92. The van der Waals surface area contributed by atoms with Gasteiger partial charge < -0.3 is 4.74 Å². The highest BCUT2D eigenvalue weighted by Crippen LogP contribution is 2.14. The maximum Gasteiger partial charge on any atom is 0.176 e. The molecule has 0 atom stereocenters. The lowest BCUT2D eigenvalue weighted by Crippen LogP contribution is -2.25. The molecule has 0 bridgehead atoms. The molecule has 2 aromatic rings. The van der Waals surface area contributed by atoms with Crippen molar-refractivity contribution in [1.29, 1.82) is 0 Å². The average molecular weight is 289 g/mol. The fraction of sp³-hybridized carbons (Fsp3) is 0.312. The molecule has 1 aromatic carbocycles. The quantitative estimate of drug-likeness (QED) is 0.731. The first kappa shape index (κ1) is 14.8. The fourth-order valence-corrected chi connectivity index (χ4v) is 2.75. The zero-order valence-corrected chi connectivity index (χ0v) is 12.7. The third-order valence-electron chi connectivity index (χ3n) is 2.91. The Labute approximate surface area is 123 Å². The van der Waals surface area contributed by atoms with Crippen molar-refractivity contribution >= 4 is 17.1 Å². The Bertz CT molecular complexity index is 534. The van der Waals surface area contributed by atoms with E-state index < -0.39 is 0 Å². The molecule has 1 aromatic heterocycles. The van der Waals surface area contributed by atoms with Crippen molar-refractivity contribution in [3.05, 3.63) is 52.2 Å². The number of ether oxygens (including phenoxy) is 1. The lowest BCUT2D eigenvalue weighted by Gasteiger charge is -2.14. The molecule has 20 heavy (non-hydrogen) atoms. The van der Waals surface area contributed by atoms with Crippen molar-refractivity contribution in [2.24, 2.45) is 0 Å². The van der Waals surface area contributed by atoms with Gasteiger partial charge in [-0.25, -0.2) is 0 Å². The van der Waals surface area contributed by atoms with E-state index in [4.69, 9.17) is 4.74 Å². The molecular formula is C16H19NO2S. The van der Waals surface area contributed by atoms with Crippen LogP contribution in [0.4, 0.5) is 0 Å². The molecular weight excluding hydrogens is 270 g/mol. The number of carbonyl (C=O) groups excluding carboxylic acids is 1. The summed E-state index contributed by atoms with van der Waals surface area (Å²) in [7, 11) is 1.96. The van der Waals surface area contributed by atoms with Gasteiger partial charge in [-0.05, 0) is 49.7 Å². The molecule has 0 saturated carbocycles. The van der Waals surface area contributed by atoms with Crippen molar-refractivity contribution in [3.8, 4) is 5.75 Å². The van der Waals surface area contributed by atoms with Gasteiger partial charge in [0.1, 0.15) is 5.75 Å². The van der Waals surface area contributed by atoms with Gasteiger partial charge in [-0.15, -0.1) is 11.3 Å². The molecule has 0 amide bonds. The van der Waals surface area contributed by atoms with Crippen LogP contribution in [0, 0.1) is 0 Å². The number of rotatable bonds is 7. The van der Waals surface area contributed by atoms with Crippen LogP contribution in [0.15, 0.2) is 41.8 Å². The zero-order valence-electron chi connectivity index (χ0n) is 11.8. The number of carbonyl (C=O) groups is 1. The fourth-order valence-electron chi connectivity index (χ4n) is 1.96. The standard InChI is InChI=1S/C16H19NO2S/c1-3-19-14-8-6-13(7-9-14)16(18)12-17(2)11-15-5-4-10-20-15/h4-10H,3,11-12H2,1-2H3. The normalized spacial score (nSPS) is 10.8. The van der Waals surface area contributed by atoms with E-state index in [0.717, 1.165) is 17.9 Å². The summed E-state index contributed by atoms with van der Waals surface area (Å²) in [5.41, 5.74) is 0.728. The second kappa shape index (κ2) is 7.22. The molecule has 0 fully saturated rings. The topological polar surface area (TPSA) is 29.5 Å². The van der Waals surface area contributed by atoms with Crippen molar-refractivity contribution in [2.45, 2.75) is 13.5 Å². The molecule has 106 valence electrons. The van der Waals surface area contributed by atoms with E-state index >= 15 is 0 Å². The van der Waals surface area contributed by atoms with Crippen LogP contribution >= 0.6 is 11.3 Å². The Morgan fingerprint density at radius 3 is 2.60 bits per heavy atom.